The molecular weight excluding hydrogens is 442 g/mol. The first-order chi connectivity index (χ1) is 16.6. The van der Waals surface area contributed by atoms with Gasteiger partial charge in [-0.05, 0) is 101 Å². The Kier molecular flexibility index (Phi) is 8.53. The lowest BCUT2D eigenvalue weighted by molar-refractivity contribution is -0.160. The molecule has 0 N–H and O–H groups in total. The summed E-state index contributed by atoms with van der Waals surface area (Å²) in [6.45, 7) is 10.9. The number of carbonyl (C=O) groups excluding carboxylic acids is 2. The summed E-state index contributed by atoms with van der Waals surface area (Å²) in [4.78, 5) is 28.2. The molecule has 0 bridgehead atoms. The first kappa shape index (κ1) is 25.8. The minimum Gasteiger partial charge on any atom is -0.461 e. The molecule has 0 radical (unpaired) electrons. The maximum Gasteiger partial charge on any atom is 0.341 e. The summed E-state index contributed by atoms with van der Waals surface area (Å²) in [5, 5.41) is 0. The van der Waals surface area contributed by atoms with Crippen LogP contribution in [0.3, 0.4) is 0 Å². The predicted octanol–water partition coefficient (Wildman–Crippen LogP) is 6.51. The van der Waals surface area contributed by atoms with E-state index < -0.39 is 18.0 Å². The highest BCUT2D eigenvalue weighted by molar-refractivity contribution is 6.04. The molecule has 0 fully saturated rings. The van der Waals surface area contributed by atoms with Crippen LogP contribution in [0.15, 0.2) is 72.8 Å². The number of para-hydroxylation sites is 1. The fourth-order valence-electron chi connectivity index (χ4n) is 3.74. The smallest absolute Gasteiger partial charge is 0.341 e. The molecule has 6 heteroatoms. The van der Waals surface area contributed by atoms with Gasteiger partial charge in [-0.1, -0.05) is 24.3 Å². The van der Waals surface area contributed by atoms with Crippen molar-refractivity contribution in [1.82, 2.24) is 0 Å². The molecule has 35 heavy (non-hydrogen) atoms. The van der Waals surface area contributed by atoms with Crippen molar-refractivity contribution in [2.45, 2.75) is 59.8 Å². The maximum atomic E-state index is 13.3. The van der Waals surface area contributed by atoms with Gasteiger partial charge in [0.05, 0.1) is 12.2 Å². The lowest BCUT2D eigenvalue weighted by Crippen LogP contribution is -2.47. The Balaban J connectivity index is 2.08. The van der Waals surface area contributed by atoms with Crippen molar-refractivity contribution >= 4 is 23.3 Å². The van der Waals surface area contributed by atoms with Crippen molar-refractivity contribution in [3.8, 4) is 11.5 Å². The first-order valence-electron chi connectivity index (χ1n) is 11.8. The van der Waals surface area contributed by atoms with E-state index in [0.29, 0.717) is 22.9 Å². The predicted molar refractivity (Wildman–Crippen MR) is 137 cm³/mol. The molecule has 3 aromatic rings. The third-order valence-electron chi connectivity index (χ3n) is 4.99. The first-order valence-corrected chi connectivity index (χ1v) is 11.8. The van der Waals surface area contributed by atoms with Crippen molar-refractivity contribution in [3.63, 3.8) is 0 Å². The third-order valence-corrected chi connectivity index (χ3v) is 4.99. The van der Waals surface area contributed by atoms with Gasteiger partial charge >= 0.3 is 11.9 Å². The normalized spacial score (nSPS) is 11.0. The van der Waals surface area contributed by atoms with Gasteiger partial charge in [0.2, 0.25) is 6.04 Å². The average molecular weight is 476 g/mol. The largest absolute Gasteiger partial charge is 0.461 e. The van der Waals surface area contributed by atoms with Crippen LogP contribution in [0, 0.1) is 13.8 Å². The van der Waals surface area contributed by atoms with Crippen LogP contribution in [0.25, 0.3) is 0 Å². The van der Waals surface area contributed by atoms with Crippen molar-refractivity contribution in [3.05, 3.63) is 83.9 Å². The molecule has 0 unspecified atom stereocenters. The molecule has 0 aromatic heterocycles. The molecule has 3 aromatic carbocycles. The van der Waals surface area contributed by atoms with E-state index in [4.69, 9.17) is 14.2 Å². The molecule has 0 spiro atoms. The van der Waals surface area contributed by atoms with E-state index >= 15 is 0 Å². The average Bonchev–Trinajstić information content (AvgIpc) is 2.77. The second-order valence-electron chi connectivity index (χ2n) is 9.00. The van der Waals surface area contributed by atoms with E-state index in [0.717, 1.165) is 11.1 Å². The van der Waals surface area contributed by atoms with Crippen LogP contribution < -0.4 is 9.64 Å². The molecule has 184 valence electrons. The molecule has 0 atom stereocenters. The van der Waals surface area contributed by atoms with Crippen molar-refractivity contribution in [1.29, 1.82) is 0 Å². The van der Waals surface area contributed by atoms with E-state index in [1.165, 1.54) is 0 Å². The van der Waals surface area contributed by atoms with E-state index in [1.54, 1.807) is 44.7 Å². The zero-order valence-electron chi connectivity index (χ0n) is 21.1. The van der Waals surface area contributed by atoms with Gasteiger partial charge in [-0.2, -0.15) is 0 Å². The maximum absolute atomic E-state index is 13.3. The highest BCUT2D eigenvalue weighted by Gasteiger charge is 2.38. The second-order valence-corrected chi connectivity index (χ2v) is 9.00. The molecule has 0 saturated heterocycles. The lowest BCUT2D eigenvalue weighted by atomic mass is 10.1. The van der Waals surface area contributed by atoms with E-state index in [-0.39, 0.29) is 12.2 Å². The van der Waals surface area contributed by atoms with E-state index in [9.17, 15) is 9.59 Å². The van der Waals surface area contributed by atoms with Crippen molar-refractivity contribution < 1.29 is 23.8 Å². The number of aryl methyl sites for hydroxylation is 2. The van der Waals surface area contributed by atoms with Gasteiger partial charge in [0.25, 0.3) is 0 Å². The van der Waals surface area contributed by atoms with Crippen LogP contribution >= 0.6 is 0 Å². The molecule has 0 amide bonds. The summed E-state index contributed by atoms with van der Waals surface area (Å²) in [5.41, 5.74) is 3.32. The van der Waals surface area contributed by atoms with Gasteiger partial charge in [0.1, 0.15) is 11.5 Å². The van der Waals surface area contributed by atoms with Gasteiger partial charge in [-0.3, -0.25) is 0 Å². The van der Waals surface area contributed by atoms with Crippen LogP contribution in [0.4, 0.5) is 11.4 Å². The van der Waals surface area contributed by atoms with Gasteiger partial charge in [0.15, 0.2) is 0 Å². The van der Waals surface area contributed by atoms with E-state index in [1.807, 2.05) is 74.5 Å². The fourth-order valence-corrected chi connectivity index (χ4v) is 3.74. The van der Waals surface area contributed by atoms with Gasteiger partial charge in [0, 0.05) is 11.4 Å². The number of hydrogen-bond donors (Lipinski definition) is 0. The molecule has 6 nitrogen and oxygen atoms in total. The Morgan fingerprint density at radius 3 is 1.63 bits per heavy atom. The van der Waals surface area contributed by atoms with Crippen LogP contribution in [0.1, 0.15) is 38.8 Å². The van der Waals surface area contributed by atoms with Crippen LogP contribution in [-0.2, 0) is 19.1 Å². The number of anilines is 2. The standard InChI is InChI=1S/C29H33NO5/c1-19(2)33-28(31)27(29(32)34-20(3)4)30(24-17-21(5)16-22(6)18-24)23-12-14-26(15-13-23)35-25-10-8-7-9-11-25/h7-20,27H,1-6H3. The monoisotopic (exact) mass is 475 g/mol. The van der Waals surface area contributed by atoms with Crippen LogP contribution in [0.2, 0.25) is 0 Å². The minimum atomic E-state index is -1.32. The summed E-state index contributed by atoms with van der Waals surface area (Å²) in [5.74, 6) is 0.000503. The molecule has 0 aliphatic heterocycles. The highest BCUT2D eigenvalue weighted by Crippen LogP contribution is 2.33. The van der Waals surface area contributed by atoms with Crippen molar-refractivity contribution in [2.75, 3.05) is 4.90 Å². The third kappa shape index (κ3) is 7.09. The SMILES string of the molecule is Cc1cc(C)cc(N(c2ccc(Oc3ccccc3)cc2)C(C(=O)OC(C)C)C(=O)OC(C)C)c1. The van der Waals surface area contributed by atoms with Crippen LogP contribution in [-0.4, -0.2) is 30.2 Å². The Hall–Kier alpha value is -3.80. The number of rotatable bonds is 9. The molecular formula is C29H33NO5. The number of carbonyl (C=O) groups is 2. The molecule has 0 aliphatic rings. The van der Waals surface area contributed by atoms with Crippen molar-refractivity contribution in [2.24, 2.45) is 0 Å². The van der Waals surface area contributed by atoms with Crippen LogP contribution in [0.5, 0.6) is 11.5 Å². The van der Waals surface area contributed by atoms with E-state index in [2.05, 4.69) is 0 Å². The molecule has 0 saturated carbocycles. The number of benzene rings is 3. The summed E-state index contributed by atoms with van der Waals surface area (Å²) in [6.07, 6.45) is -0.779. The molecule has 3 rings (SSSR count). The highest BCUT2D eigenvalue weighted by atomic mass is 16.6. The summed E-state index contributed by atoms with van der Waals surface area (Å²) < 4.78 is 16.9. The van der Waals surface area contributed by atoms with Gasteiger partial charge in [-0.15, -0.1) is 0 Å². The topological polar surface area (TPSA) is 65.1 Å². The number of hydrogen-bond acceptors (Lipinski definition) is 6. The second kappa shape index (κ2) is 11.6. The quantitative estimate of drug-likeness (QED) is 0.260. The Bertz CT molecular complexity index is 1100. The van der Waals surface area contributed by atoms with Gasteiger partial charge in [-0.25, -0.2) is 9.59 Å². The Labute approximate surface area is 207 Å². The molecule has 0 heterocycles. The number of esters is 2. The summed E-state index contributed by atoms with van der Waals surface area (Å²) in [7, 11) is 0. The lowest BCUT2D eigenvalue weighted by Gasteiger charge is -2.32. The molecule has 0 aliphatic carbocycles. The van der Waals surface area contributed by atoms with Gasteiger partial charge < -0.3 is 19.1 Å². The summed E-state index contributed by atoms with van der Waals surface area (Å²) >= 11 is 0. The zero-order chi connectivity index (χ0) is 25.5. The Morgan fingerprint density at radius 1 is 0.657 bits per heavy atom. The summed E-state index contributed by atoms with van der Waals surface area (Å²) in [6, 6.07) is 21.3. The minimum absolute atomic E-state index is 0.389. The number of ether oxygens (including phenoxy) is 3. The zero-order valence-corrected chi connectivity index (χ0v) is 21.1. The number of nitrogens with zero attached hydrogens (tertiary/aromatic N) is 1. The fraction of sp³-hybridized carbons (Fsp3) is 0.310. The Morgan fingerprint density at radius 2 is 1.14 bits per heavy atom.